The predicted molar refractivity (Wildman–Crippen MR) is 89.7 cm³/mol. The lowest BCUT2D eigenvalue weighted by Crippen LogP contribution is -2.14. The summed E-state index contributed by atoms with van der Waals surface area (Å²) in [5, 5.41) is 12.2. The van der Waals surface area contributed by atoms with Crippen LogP contribution in [0.15, 0.2) is 3.92 Å². The normalized spacial score (nSPS) is 18.1. The van der Waals surface area contributed by atoms with Gasteiger partial charge in [0.25, 0.3) is 5.91 Å². The quantitative estimate of drug-likeness (QED) is 0.836. The van der Waals surface area contributed by atoms with Crippen LogP contribution in [-0.2, 0) is 4.74 Å². The van der Waals surface area contributed by atoms with Crippen molar-refractivity contribution >= 4 is 49.6 Å². The van der Waals surface area contributed by atoms with Gasteiger partial charge in [0, 0.05) is 11.5 Å². The maximum atomic E-state index is 12.4. The highest BCUT2D eigenvalue weighted by atomic mass is 79.9. The van der Waals surface area contributed by atoms with E-state index in [-0.39, 0.29) is 17.9 Å². The molecular formula is C13H15BrN4O2S2. The summed E-state index contributed by atoms with van der Waals surface area (Å²) in [5.41, 5.74) is 0.445. The van der Waals surface area contributed by atoms with E-state index in [0.29, 0.717) is 14.7 Å². The number of hydrogen-bond acceptors (Lipinski definition) is 7. The van der Waals surface area contributed by atoms with E-state index in [9.17, 15) is 4.79 Å². The Morgan fingerprint density at radius 1 is 1.41 bits per heavy atom. The van der Waals surface area contributed by atoms with Crippen LogP contribution in [-0.4, -0.2) is 27.7 Å². The highest BCUT2D eigenvalue weighted by molar-refractivity contribution is 9.11. The maximum Gasteiger partial charge on any atom is 0.277 e. The molecule has 1 aliphatic rings. The molecule has 3 heterocycles. The molecule has 1 saturated heterocycles. The van der Waals surface area contributed by atoms with Gasteiger partial charge in [0.05, 0.1) is 0 Å². The fourth-order valence-corrected chi connectivity index (χ4v) is 4.51. The maximum absolute atomic E-state index is 12.4. The number of anilines is 1. The molecule has 0 bridgehead atoms. The van der Waals surface area contributed by atoms with Gasteiger partial charge in [0.15, 0.2) is 3.92 Å². The molecule has 1 atom stereocenters. The first kappa shape index (κ1) is 16.0. The third-order valence-corrected chi connectivity index (χ3v) is 5.97. The van der Waals surface area contributed by atoms with Crippen LogP contribution in [0.2, 0.25) is 0 Å². The largest absolute Gasteiger partial charge is 0.371 e. The van der Waals surface area contributed by atoms with E-state index in [1.807, 2.05) is 13.8 Å². The molecule has 9 heteroatoms. The smallest absolute Gasteiger partial charge is 0.277 e. The number of carbonyl (C=O) groups excluding carboxylic acids is 1. The van der Waals surface area contributed by atoms with E-state index >= 15 is 0 Å². The predicted octanol–water partition coefficient (Wildman–Crippen LogP) is 3.98. The molecule has 22 heavy (non-hydrogen) atoms. The zero-order valence-electron chi connectivity index (χ0n) is 12.1. The summed E-state index contributed by atoms with van der Waals surface area (Å²) in [6.45, 7) is 4.84. The van der Waals surface area contributed by atoms with Gasteiger partial charge in [-0.3, -0.25) is 10.1 Å². The summed E-state index contributed by atoms with van der Waals surface area (Å²) >= 11 is 6.18. The number of nitrogens with zero attached hydrogens (tertiary/aromatic N) is 3. The Kier molecular flexibility index (Phi) is 4.86. The number of aromatic nitrogens is 3. The zero-order chi connectivity index (χ0) is 15.7. The number of amides is 1. The van der Waals surface area contributed by atoms with Gasteiger partial charge >= 0.3 is 0 Å². The molecule has 1 N–H and O–H groups in total. The van der Waals surface area contributed by atoms with Crippen LogP contribution < -0.4 is 5.32 Å². The topological polar surface area (TPSA) is 77.0 Å². The Morgan fingerprint density at radius 3 is 2.91 bits per heavy atom. The lowest BCUT2D eigenvalue weighted by molar-refractivity contribution is 0.102. The molecule has 0 radical (unpaired) electrons. The molecule has 1 amide bonds. The standard InChI is InChI=1S/C13H15BrN4O2S2/c1-6(2)9-8(15-12(14)21-9)10(19)16-13-18-17-11(22-13)7-4-3-5-20-7/h6-7H,3-5H2,1-2H3,(H,16,18,19)/t7-/m0/s1. The van der Waals surface area contributed by atoms with Gasteiger partial charge in [-0.15, -0.1) is 21.5 Å². The van der Waals surface area contributed by atoms with Crippen molar-refractivity contribution in [3.05, 3.63) is 19.5 Å². The van der Waals surface area contributed by atoms with Gasteiger partial charge in [-0.25, -0.2) is 4.98 Å². The summed E-state index contributed by atoms with van der Waals surface area (Å²) in [4.78, 5) is 17.6. The minimum Gasteiger partial charge on any atom is -0.371 e. The van der Waals surface area contributed by atoms with Crippen molar-refractivity contribution < 1.29 is 9.53 Å². The Balaban J connectivity index is 1.74. The van der Waals surface area contributed by atoms with Crippen molar-refractivity contribution in [3.63, 3.8) is 0 Å². The van der Waals surface area contributed by atoms with E-state index in [4.69, 9.17) is 4.74 Å². The van der Waals surface area contributed by atoms with Crippen LogP contribution in [0.4, 0.5) is 5.13 Å². The van der Waals surface area contributed by atoms with E-state index < -0.39 is 0 Å². The van der Waals surface area contributed by atoms with E-state index in [0.717, 1.165) is 29.3 Å². The Bertz CT molecular complexity index is 679. The molecule has 0 aromatic carbocycles. The van der Waals surface area contributed by atoms with Crippen LogP contribution in [0.25, 0.3) is 0 Å². The van der Waals surface area contributed by atoms with E-state index in [1.165, 1.54) is 22.7 Å². The molecule has 1 aliphatic heterocycles. The number of halogens is 1. The van der Waals surface area contributed by atoms with Gasteiger partial charge < -0.3 is 4.74 Å². The number of carbonyl (C=O) groups is 1. The lowest BCUT2D eigenvalue weighted by Gasteiger charge is -2.04. The fourth-order valence-electron chi connectivity index (χ4n) is 2.20. The monoisotopic (exact) mass is 402 g/mol. The molecule has 0 unspecified atom stereocenters. The van der Waals surface area contributed by atoms with E-state index in [1.54, 1.807) is 0 Å². The average Bonchev–Trinajstić information content (AvgIpc) is 3.16. The minimum absolute atomic E-state index is 0.0165. The van der Waals surface area contributed by atoms with Gasteiger partial charge in [-0.2, -0.15) is 0 Å². The van der Waals surface area contributed by atoms with E-state index in [2.05, 4.69) is 36.4 Å². The van der Waals surface area contributed by atoms with Gasteiger partial charge in [0.1, 0.15) is 16.8 Å². The Hall–Kier alpha value is -0.900. The summed E-state index contributed by atoms with van der Waals surface area (Å²) < 4.78 is 6.28. The third kappa shape index (κ3) is 3.37. The fraction of sp³-hybridized carbons (Fsp3) is 0.538. The summed E-state index contributed by atoms with van der Waals surface area (Å²) in [6.07, 6.45) is 2.01. The average molecular weight is 403 g/mol. The summed E-state index contributed by atoms with van der Waals surface area (Å²) in [6, 6.07) is 0. The molecular weight excluding hydrogens is 388 g/mol. The molecule has 2 aromatic rings. The van der Waals surface area contributed by atoms with Crippen LogP contribution >= 0.6 is 38.6 Å². The van der Waals surface area contributed by atoms with Crippen molar-refractivity contribution in [3.8, 4) is 0 Å². The number of rotatable bonds is 4. The minimum atomic E-state index is -0.249. The van der Waals surface area contributed by atoms with Crippen LogP contribution in [0, 0.1) is 0 Å². The SMILES string of the molecule is CC(C)c1sc(Br)nc1C(=O)Nc1nnc([C@@H]2CCCO2)s1. The van der Waals surface area contributed by atoms with Gasteiger partial charge in [0.2, 0.25) is 5.13 Å². The first-order valence-electron chi connectivity index (χ1n) is 6.97. The molecule has 0 spiro atoms. The third-order valence-electron chi connectivity index (χ3n) is 3.23. The van der Waals surface area contributed by atoms with Crippen LogP contribution in [0.3, 0.4) is 0 Å². The first-order valence-corrected chi connectivity index (χ1v) is 9.39. The lowest BCUT2D eigenvalue weighted by atomic mass is 10.1. The van der Waals surface area contributed by atoms with Crippen molar-refractivity contribution in [2.24, 2.45) is 0 Å². The Morgan fingerprint density at radius 2 is 2.23 bits per heavy atom. The second kappa shape index (κ2) is 6.69. The second-order valence-corrected chi connectivity index (χ2v) is 8.55. The molecule has 2 aromatic heterocycles. The number of thiazole rings is 1. The van der Waals surface area contributed by atoms with Crippen molar-refractivity contribution in [1.82, 2.24) is 15.2 Å². The molecule has 3 rings (SSSR count). The molecule has 118 valence electrons. The van der Waals surface area contributed by atoms with Crippen LogP contribution in [0.1, 0.15) is 59.1 Å². The summed E-state index contributed by atoms with van der Waals surface area (Å²) in [5.74, 6) is -0.0119. The highest BCUT2D eigenvalue weighted by Crippen LogP contribution is 2.33. The summed E-state index contributed by atoms with van der Waals surface area (Å²) in [7, 11) is 0. The molecule has 6 nitrogen and oxygen atoms in total. The molecule has 0 aliphatic carbocycles. The molecule has 0 saturated carbocycles. The first-order chi connectivity index (χ1) is 10.5. The number of ether oxygens (including phenoxy) is 1. The van der Waals surface area contributed by atoms with Crippen molar-refractivity contribution in [1.29, 1.82) is 0 Å². The van der Waals surface area contributed by atoms with Gasteiger partial charge in [-0.1, -0.05) is 25.2 Å². The number of hydrogen-bond donors (Lipinski definition) is 1. The number of nitrogens with one attached hydrogen (secondary N) is 1. The highest BCUT2D eigenvalue weighted by Gasteiger charge is 2.24. The van der Waals surface area contributed by atoms with Crippen molar-refractivity contribution in [2.45, 2.75) is 38.7 Å². The van der Waals surface area contributed by atoms with Gasteiger partial charge in [-0.05, 0) is 34.7 Å². The Labute approximate surface area is 144 Å². The second-order valence-electron chi connectivity index (χ2n) is 5.24. The van der Waals surface area contributed by atoms with Crippen LogP contribution in [0.5, 0.6) is 0 Å². The zero-order valence-corrected chi connectivity index (χ0v) is 15.3. The molecule has 1 fully saturated rings. The van der Waals surface area contributed by atoms with Crippen molar-refractivity contribution in [2.75, 3.05) is 11.9 Å².